The second-order valence-electron chi connectivity index (χ2n) is 5.08. The molecule has 10 heteroatoms. The summed E-state index contributed by atoms with van der Waals surface area (Å²) in [6, 6.07) is 0. The SMILES string of the molecule is O=C(O)C1=C(C(F)(F)F)c2nc(Cl)nc(N3CCOCC3)c2C1. The Labute approximate surface area is 133 Å². The molecule has 1 aromatic rings. The van der Waals surface area contributed by atoms with Crippen molar-refractivity contribution >= 4 is 29.0 Å². The van der Waals surface area contributed by atoms with Crippen LogP contribution in [0.25, 0.3) is 5.57 Å². The van der Waals surface area contributed by atoms with Crippen molar-refractivity contribution < 1.29 is 27.8 Å². The smallest absolute Gasteiger partial charge is 0.419 e. The third-order valence-electron chi connectivity index (χ3n) is 3.70. The van der Waals surface area contributed by atoms with Crippen molar-refractivity contribution in [1.29, 1.82) is 0 Å². The van der Waals surface area contributed by atoms with Gasteiger partial charge in [0.25, 0.3) is 0 Å². The molecule has 0 amide bonds. The Kier molecular flexibility index (Phi) is 3.93. The van der Waals surface area contributed by atoms with Gasteiger partial charge in [0, 0.05) is 25.1 Å². The van der Waals surface area contributed by atoms with Crippen LogP contribution in [0.5, 0.6) is 0 Å². The molecule has 2 aliphatic rings. The first-order chi connectivity index (χ1) is 10.8. The normalized spacial score (nSPS) is 18.3. The van der Waals surface area contributed by atoms with E-state index in [0.29, 0.717) is 26.3 Å². The van der Waals surface area contributed by atoms with Gasteiger partial charge in [-0.3, -0.25) is 0 Å². The first-order valence-corrected chi connectivity index (χ1v) is 7.10. The lowest BCUT2D eigenvalue weighted by atomic mass is 10.1. The number of carboxylic acids is 1. The van der Waals surface area contributed by atoms with Crippen LogP contribution in [0.4, 0.5) is 19.0 Å². The summed E-state index contributed by atoms with van der Waals surface area (Å²) in [6.07, 6.45) is -5.22. The molecule has 0 unspecified atom stereocenters. The zero-order chi connectivity index (χ0) is 16.8. The molecule has 0 aromatic carbocycles. The predicted octanol–water partition coefficient (Wildman–Crippen LogP) is 1.92. The first kappa shape index (κ1) is 16.0. The molecule has 0 atom stereocenters. The molecule has 1 saturated heterocycles. The van der Waals surface area contributed by atoms with Crippen molar-refractivity contribution in [3.8, 4) is 0 Å². The second kappa shape index (κ2) is 5.64. The summed E-state index contributed by atoms with van der Waals surface area (Å²) in [7, 11) is 0. The third-order valence-corrected chi connectivity index (χ3v) is 3.87. The van der Waals surface area contributed by atoms with Gasteiger partial charge in [-0.05, 0) is 11.6 Å². The Hall–Kier alpha value is -1.87. The molecule has 1 fully saturated rings. The van der Waals surface area contributed by atoms with Gasteiger partial charge in [-0.25, -0.2) is 14.8 Å². The van der Waals surface area contributed by atoms with Crippen molar-refractivity contribution in [3.63, 3.8) is 0 Å². The van der Waals surface area contributed by atoms with Gasteiger partial charge in [0.15, 0.2) is 0 Å². The summed E-state index contributed by atoms with van der Waals surface area (Å²) in [6.45, 7) is 1.68. The van der Waals surface area contributed by atoms with Gasteiger partial charge in [-0.2, -0.15) is 13.2 Å². The molecule has 2 heterocycles. The number of anilines is 1. The quantitative estimate of drug-likeness (QED) is 0.822. The Morgan fingerprint density at radius 2 is 1.91 bits per heavy atom. The fourth-order valence-corrected chi connectivity index (χ4v) is 2.91. The van der Waals surface area contributed by atoms with Gasteiger partial charge in [-0.15, -0.1) is 0 Å². The minimum atomic E-state index is -4.83. The van der Waals surface area contributed by atoms with Gasteiger partial charge in [0.1, 0.15) is 5.82 Å². The summed E-state index contributed by atoms with van der Waals surface area (Å²) in [5.41, 5.74) is -2.30. The molecule has 3 rings (SSSR count). The number of rotatable bonds is 2. The lowest BCUT2D eigenvalue weighted by molar-refractivity contribution is -0.133. The summed E-state index contributed by atoms with van der Waals surface area (Å²) in [4.78, 5) is 20.6. The third kappa shape index (κ3) is 2.86. The van der Waals surface area contributed by atoms with Gasteiger partial charge >= 0.3 is 12.1 Å². The van der Waals surface area contributed by atoms with E-state index in [1.807, 2.05) is 0 Å². The van der Waals surface area contributed by atoms with Crippen LogP contribution in [-0.2, 0) is 16.0 Å². The van der Waals surface area contributed by atoms with E-state index in [1.54, 1.807) is 4.90 Å². The standard InChI is InChI=1S/C13H11ClF3N3O3/c14-12-18-9-7(10(19-12)20-1-3-23-4-2-20)5-6(11(21)22)8(9)13(15,16)17/h1-5H2,(H,21,22). The van der Waals surface area contributed by atoms with Crippen LogP contribution in [0.3, 0.4) is 0 Å². The van der Waals surface area contributed by atoms with Gasteiger partial charge in [0.2, 0.25) is 5.28 Å². The van der Waals surface area contributed by atoms with Crippen molar-refractivity contribution in [3.05, 3.63) is 22.1 Å². The minimum Gasteiger partial charge on any atom is -0.478 e. The van der Waals surface area contributed by atoms with Crippen LogP contribution >= 0.6 is 11.6 Å². The average molecular weight is 350 g/mol. The van der Waals surface area contributed by atoms with E-state index in [0.717, 1.165) is 0 Å². The average Bonchev–Trinajstić information content (AvgIpc) is 2.86. The first-order valence-electron chi connectivity index (χ1n) is 6.72. The zero-order valence-electron chi connectivity index (χ0n) is 11.7. The lowest BCUT2D eigenvalue weighted by Gasteiger charge is -2.29. The highest BCUT2D eigenvalue weighted by Gasteiger charge is 2.46. The molecular formula is C13H11ClF3N3O3. The largest absolute Gasteiger partial charge is 0.478 e. The van der Waals surface area contributed by atoms with Crippen LogP contribution in [0.1, 0.15) is 11.3 Å². The number of hydrogen-bond acceptors (Lipinski definition) is 5. The maximum absolute atomic E-state index is 13.3. The maximum atomic E-state index is 13.3. The number of carboxylic acid groups (broad SMARTS) is 1. The molecule has 0 radical (unpaired) electrons. The number of ether oxygens (including phenoxy) is 1. The molecule has 0 spiro atoms. The van der Waals surface area contributed by atoms with Crippen molar-refractivity contribution in [2.45, 2.75) is 12.6 Å². The number of nitrogens with zero attached hydrogens (tertiary/aromatic N) is 3. The monoisotopic (exact) mass is 349 g/mol. The van der Waals surface area contributed by atoms with Gasteiger partial charge < -0.3 is 14.7 Å². The highest BCUT2D eigenvalue weighted by molar-refractivity contribution is 6.28. The number of morpholine rings is 1. The Balaban J connectivity index is 2.14. The van der Waals surface area contributed by atoms with E-state index in [-0.39, 0.29) is 23.1 Å². The highest BCUT2D eigenvalue weighted by atomic mass is 35.5. The van der Waals surface area contributed by atoms with Gasteiger partial charge in [0.05, 0.1) is 30.1 Å². The zero-order valence-corrected chi connectivity index (χ0v) is 12.4. The van der Waals surface area contributed by atoms with Crippen molar-refractivity contribution in [1.82, 2.24) is 9.97 Å². The predicted molar refractivity (Wildman–Crippen MR) is 74.4 cm³/mol. The highest BCUT2D eigenvalue weighted by Crippen LogP contribution is 2.45. The molecule has 1 N–H and O–H groups in total. The molecule has 23 heavy (non-hydrogen) atoms. The summed E-state index contributed by atoms with van der Waals surface area (Å²) in [5, 5.41) is 8.77. The second-order valence-corrected chi connectivity index (χ2v) is 5.41. The fourth-order valence-electron chi connectivity index (χ4n) is 2.75. The number of fused-ring (bicyclic) bond motifs is 1. The fraction of sp³-hybridized carbons (Fsp3) is 0.462. The maximum Gasteiger partial charge on any atom is 0.419 e. The molecule has 1 aliphatic heterocycles. The van der Waals surface area contributed by atoms with Crippen LogP contribution in [0.15, 0.2) is 5.57 Å². The van der Waals surface area contributed by atoms with Crippen molar-refractivity contribution in [2.75, 3.05) is 31.2 Å². The van der Waals surface area contributed by atoms with Crippen LogP contribution in [-0.4, -0.2) is 53.5 Å². The Morgan fingerprint density at radius 1 is 1.26 bits per heavy atom. The number of alkyl halides is 3. The molecule has 6 nitrogen and oxygen atoms in total. The lowest BCUT2D eigenvalue weighted by Crippen LogP contribution is -2.37. The number of aromatic nitrogens is 2. The van der Waals surface area contributed by atoms with E-state index in [2.05, 4.69) is 9.97 Å². The molecular weight excluding hydrogens is 339 g/mol. The van der Waals surface area contributed by atoms with E-state index >= 15 is 0 Å². The number of halogens is 4. The van der Waals surface area contributed by atoms with Crippen LogP contribution in [0.2, 0.25) is 5.28 Å². The summed E-state index contributed by atoms with van der Waals surface area (Å²) in [5.74, 6) is -1.39. The number of hydrogen-bond donors (Lipinski definition) is 1. The number of allylic oxidation sites excluding steroid dienone is 1. The number of carbonyl (C=O) groups is 1. The van der Waals surface area contributed by atoms with E-state index < -0.39 is 29.0 Å². The Morgan fingerprint density at radius 3 is 2.48 bits per heavy atom. The molecule has 0 bridgehead atoms. The molecule has 124 valence electrons. The Bertz CT molecular complexity index is 700. The molecule has 1 aromatic heterocycles. The number of aliphatic carboxylic acids is 1. The van der Waals surface area contributed by atoms with E-state index in [1.165, 1.54) is 0 Å². The van der Waals surface area contributed by atoms with Crippen molar-refractivity contribution in [2.24, 2.45) is 0 Å². The molecule has 1 aliphatic carbocycles. The van der Waals surface area contributed by atoms with E-state index in [9.17, 15) is 18.0 Å². The topological polar surface area (TPSA) is 75.5 Å². The van der Waals surface area contributed by atoms with E-state index in [4.69, 9.17) is 21.4 Å². The van der Waals surface area contributed by atoms with Crippen LogP contribution in [0, 0.1) is 0 Å². The van der Waals surface area contributed by atoms with Crippen LogP contribution < -0.4 is 4.90 Å². The van der Waals surface area contributed by atoms with Gasteiger partial charge in [-0.1, -0.05) is 0 Å². The summed E-state index contributed by atoms with van der Waals surface area (Å²) >= 11 is 5.77. The summed E-state index contributed by atoms with van der Waals surface area (Å²) < 4.78 is 45.1. The molecule has 0 saturated carbocycles. The minimum absolute atomic E-state index is 0.140.